The van der Waals surface area contributed by atoms with Gasteiger partial charge in [-0.2, -0.15) is 0 Å². The van der Waals surface area contributed by atoms with E-state index in [1.807, 2.05) is 20.8 Å². The lowest BCUT2D eigenvalue weighted by atomic mass is 10.1. The molecule has 0 bridgehead atoms. The molecule has 2 aromatic rings. The summed E-state index contributed by atoms with van der Waals surface area (Å²) in [5.41, 5.74) is 1.23. The summed E-state index contributed by atoms with van der Waals surface area (Å²) in [6.07, 6.45) is 0. The van der Waals surface area contributed by atoms with Crippen LogP contribution < -0.4 is 10.6 Å². The molecule has 0 spiro atoms. The van der Waals surface area contributed by atoms with Crippen LogP contribution in [-0.2, 0) is 0 Å². The van der Waals surface area contributed by atoms with Crippen molar-refractivity contribution < 1.29 is 14.5 Å². The summed E-state index contributed by atoms with van der Waals surface area (Å²) >= 11 is 0. The zero-order valence-electron chi connectivity index (χ0n) is 15.1. The molecule has 7 nitrogen and oxygen atoms in total. The molecular formula is C19H21N3O4. The highest BCUT2D eigenvalue weighted by Gasteiger charge is 2.16. The molecule has 0 unspecified atom stereocenters. The zero-order valence-corrected chi connectivity index (χ0v) is 15.1. The van der Waals surface area contributed by atoms with E-state index >= 15 is 0 Å². The second kappa shape index (κ2) is 7.35. The highest BCUT2D eigenvalue weighted by molar-refractivity contribution is 6.05. The second-order valence-corrected chi connectivity index (χ2v) is 6.99. The number of aryl methyl sites for hydroxylation is 1. The molecule has 2 aromatic carbocycles. The zero-order chi connectivity index (χ0) is 19.5. The largest absolute Gasteiger partial charge is 0.347 e. The van der Waals surface area contributed by atoms with Gasteiger partial charge in [-0.15, -0.1) is 0 Å². The van der Waals surface area contributed by atoms with E-state index in [1.54, 1.807) is 31.2 Å². The molecule has 26 heavy (non-hydrogen) atoms. The molecule has 0 aliphatic heterocycles. The third-order valence-corrected chi connectivity index (χ3v) is 3.56. The van der Waals surface area contributed by atoms with Gasteiger partial charge < -0.3 is 10.6 Å². The van der Waals surface area contributed by atoms with E-state index < -0.39 is 10.8 Å². The minimum Gasteiger partial charge on any atom is -0.347 e. The van der Waals surface area contributed by atoms with E-state index in [0.717, 1.165) is 0 Å². The number of rotatable bonds is 4. The molecule has 0 aliphatic carbocycles. The Kier molecular flexibility index (Phi) is 5.40. The van der Waals surface area contributed by atoms with Gasteiger partial charge in [0.25, 0.3) is 17.5 Å². The fourth-order valence-corrected chi connectivity index (χ4v) is 2.27. The van der Waals surface area contributed by atoms with Gasteiger partial charge in [0.1, 0.15) is 0 Å². The Balaban J connectivity index is 2.12. The first kappa shape index (κ1) is 19.1. The highest BCUT2D eigenvalue weighted by Crippen LogP contribution is 2.22. The van der Waals surface area contributed by atoms with Gasteiger partial charge in [0.2, 0.25) is 0 Å². The maximum absolute atomic E-state index is 12.3. The van der Waals surface area contributed by atoms with Gasteiger partial charge in [-0.05, 0) is 58.0 Å². The number of benzene rings is 2. The van der Waals surface area contributed by atoms with Crippen LogP contribution in [0.3, 0.4) is 0 Å². The van der Waals surface area contributed by atoms with Gasteiger partial charge in [-0.25, -0.2) is 0 Å². The van der Waals surface area contributed by atoms with Crippen molar-refractivity contribution in [1.29, 1.82) is 0 Å². The molecule has 136 valence electrons. The molecule has 0 atom stereocenters. The van der Waals surface area contributed by atoms with Crippen molar-refractivity contribution in [2.24, 2.45) is 0 Å². The quantitative estimate of drug-likeness (QED) is 0.645. The summed E-state index contributed by atoms with van der Waals surface area (Å²) in [6.45, 7) is 7.28. The fourth-order valence-electron chi connectivity index (χ4n) is 2.27. The first-order valence-electron chi connectivity index (χ1n) is 8.06. The molecule has 0 aliphatic rings. The van der Waals surface area contributed by atoms with Crippen molar-refractivity contribution >= 4 is 23.2 Å². The van der Waals surface area contributed by atoms with Crippen LogP contribution >= 0.6 is 0 Å². The molecule has 0 aromatic heterocycles. The number of amides is 2. The van der Waals surface area contributed by atoms with E-state index in [4.69, 9.17) is 0 Å². The van der Waals surface area contributed by atoms with Gasteiger partial charge >= 0.3 is 0 Å². The summed E-state index contributed by atoms with van der Waals surface area (Å²) in [5.74, 6) is -0.635. The van der Waals surface area contributed by atoms with Gasteiger partial charge in [0.05, 0.1) is 4.92 Å². The molecule has 0 saturated carbocycles. The average Bonchev–Trinajstić information content (AvgIpc) is 2.55. The molecule has 0 heterocycles. The Morgan fingerprint density at radius 3 is 2.00 bits per heavy atom. The minimum atomic E-state index is -0.492. The monoisotopic (exact) mass is 355 g/mol. The van der Waals surface area contributed by atoms with Crippen LogP contribution in [0.1, 0.15) is 47.1 Å². The Morgan fingerprint density at radius 1 is 0.962 bits per heavy atom. The number of carbonyl (C=O) groups excluding carboxylic acids is 2. The lowest BCUT2D eigenvalue weighted by molar-refractivity contribution is -0.385. The third kappa shape index (κ3) is 4.89. The summed E-state index contributed by atoms with van der Waals surface area (Å²) in [7, 11) is 0. The fraction of sp³-hybridized carbons (Fsp3) is 0.263. The van der Waals surface area contributed by atoms with Crippen LogP contribution in [-0.4, -0.2) is 22.3 Å². The van der Waals surface area contributed by atoms with Crippen molar-refractivity contribution in [3.63, 3.8) is 0 Å². The minimum absolute atomic E-state index is 0.0583. The number of nitro groups is 1. The van der Waals surface area contributed by atoms with Crippen LogP contribution in [0.5, 0.6) is 0 Å². The van der Waals surface area contributed by atoms with Crippen LogP contribution in [0, 0.1) is 17.0 Å². The van der Waals surface area contributed by atoms with E-state index in [1.165, 1.54) is 18.2 Å². The van der Waals surface area contributed by atoms with Crippen molar-refractivity contribution in [1.82, 2.24) is 5.32 Å². The van der Waals surface area contributed by atoms with Gasteiger partial charge in [-0.1, -0.05) is 6.07 Å². The van der Waals surface area contributed by atoms with E-state index in [-0.39, 0.29) is 17.1 Å². The Bertz CT molecular complexity index is 852. The molecule has 0 fully saturated rings. The topological polar surface area (TPSA) is 101 Å². The highest BCUT2D eigenvalue weighted by atomic mass is 16.6. The lowest BCUT2D eigenvalue weighted by Crippen LogP contribution is -2.40. The van der Waals surface area contributed by atoms with E-state index in [9.17, 15) is 19.7 Å². The summed E-state index contributed by atoms with van der Waals surface area (Å²) in [6, 6.07) is 10.7. The Labute approximate surface area is 151 Å². The Morgan fingerprint density at radius 2 is 1.50 bits per heavy atom. The molecule has 2 rings (SSSR count). The van der Waals surface area contributed by atoms with Crippen molar-refractivity contribution in [3.05, 3.63) is 69.3 Å². The van der Waals surface area contributed by atoms with Crippen molar-refractivity contribution in [2.45, 2.75) is 33.2 Å². The number of nitrogens with zero attached hydrogens (tertiary/aromatic N) is 1. The maximum Gasteiger partial charge on any atom is 0.274 e. The summed E-state index contributed by atoms with van der Waals surface area (Å²) < 4.78 is 0. The van der Waals surface area contributed by atoms with Crippen LogP contribution in [0.15, 0.2) is 42.5 Å². The van der Waals surface area contributed by atoms with Gasteiger partial charge in [0.15, 0.2) is 0 Å². The van der Waals surface area contributed by atoms with Crippen LogP contribution in [0.2, 0.25) is 0 Å². The van der Waals surface area contributed by atoms with E-state index in [0.29, 0.717) is 22.4 Å². The number of carbonyl (C=O) groups is 2. The molecular weight excluding hydrogens is 334 g/mol. The summed E-state index contributed by atoms with van der Waals surface area (Å²) in [5, 5.41) is 16.5. The smallest absolute Gasteiger partial charge is 0.274 e. The van der Waals surface area contributed by atoms with E-state index in [2.05, 4.69) is 10.6 Å². The average molecular weight is 355 g/mol. The van der Waals surface area contributed by atoms with Crippen LogP contribution in [0.25, 0.3) is 0 Å². The number of hydrogen-bond donors (Lipinski definition) is 2. The first-order valence-corrected chi connectivity index (χ1v) is 8.06. The van der Waals surface area contributed by atoms with Gasteiger partial charge in [-0.3, -0.25) is 19.7 Å². The second-order valence-electron chi connectivity index (χ2n) is 6.99. The molecule has 2 amide bonds. The van der Waals surface area contributed by atoms with Crippen molar-refractivity contribution in [2.75, 3.05) is 5.32 Å². The summed E-state index contributed by atoms with van der Waals surface area (Å²) in [4.78, 5) is 34.9. The number of nitrogens with one attached hydrogen (secondary N) is 2. The van der Waals surface area contributed by atoms with Gasteiger partial charge in [0, 0.05) is 34.0 Å². The standard InChI is InChI=1S/C19H21N3O4/c1-12-5-10-15(11-16(12)22(25)26)20-17(23)13-6-8-14(9-7-13)18(24)21-19(2,3)4/h5-11H,1-4H3,(H,20,23)(H,21,24). The molecule has 0 saturated heterocycles. The van der Waals surface area contributed by atoms with Crippen molar-refractivity contribution in [3.8, 4) is 0 Å². The SMILES string of the molecule is Cc1ccc(NC(=O)c2ccc(C(=O)NC(C)(C)C)cc2)cc1[N+](=O)[O-]. The normalized spacial score (nSPS) is 10.9. The molecule has 2 N–H and O–H groups in total. The number of hydrogen-bond acceptors (Lipinski definition) is 4. The predicted molar refractivity (Wildman–Crippen MR) is 99.4 cm³/mol. The number of nitro benzene ring substituents is 1. The first-order chi connectivity index (χ1) is 12.1. The Hall–Kier alpha value is -3.22. The molecule has 7 heteroatoms. The number of anilines is 1. The van der Waals surface area contributed by atoms with Crippen LogP contribution in [0.4, 0.5) is 11.4 Å². The lowest BCUT2D eigenvalue weighted by Gasteiger charge is -2.20. The maximum atomic E-state index is 12.3. The predicted octanol–water partition coefficient (Wildman–Crippen LogP) is 3.68. The molecule has 0 radical (unpaired) electrons. The third-order valence-electron chi connectivity index (χ3n) is 3.56.